The van der Waals surface area contributed by atoms with E-state index in [2.05, 4.69) is 0 Å². The molecule has 0 aromatic heterocycles. The van der Waals surface area contributed by atoms with Crippen LogP contribution in [0.4, 0.5) is 5.69 Å². The summed E-state index contributed by atoms with van der Waals surface area (Å²) in [6, 6.07) is 11.8. The van der Waals surface area contributed by atoms with Crippen molar-refractivity contribution in [3.63, 3.8) is 0 Å². The molecule has 3 aromatic rings. The Kier molecular flexibility index (Phi) is 7.58. The van der Waals surface area contributed by atoms with Crippen molar-refractivity contribution in [2.45, 2.75) is 35.4 Å². The molecule has 3 aromatic carbocycles. The summed E-state index contributed by atoms with van der Waals surface area (Å²) in [6.07, 6.45) is 0.775. The van der Waals surface area contributed by atoms with Gasteiger partial charge in [-0.1, -0.05) is 41.4 Å². The predicted molar refractivity (Wildman–Crippen MR) is 153 cm³/mol. The van der Waals surface area contributed by atoms with E-state index in [0.29, 0.717) is 18.6 Å². The van der Waals surface area contributed by atoms with E-state index in [0.717, 1.165) is 4.31 Å². The Morgan fingerprint density at radius 3 is 2.37 bits per heavy atom. The lowest BCUT2D eigenvalue weighted by Crippen LogP contribution is -2.59. The number of hydrogen-bond donors (Lipinski definition) is 2. The molecule has 3 N–H and O–H groups in total. The average molecular weight is 621 g/mol. The number of sulfonamides is 1. The molecule has 5 rings (SSSR count). The fraction of sp³-hybridized carbons (Fsp3) is 0.286. The summed E-state index contributed by atoms with van der Waals surface area (Å²) in [5.41, 5.74) is 3.46. The van der Waals surface area contributed by atoms with Crippen LogP contribution in [-0.4, -0.2) is 63.1 Å². The van der Waals surface area contributed by atoms with Gasteiger partial charge in [-0.05, 0) is 49.2 Å². The Bertz CT molecular complexity index is 1650. The first-order valence-electron chi connectivity index (χ1n) is 12.6. The summed E-state index contributed by atoms with van der Waals surface area (Å²) in [5, 5.41) is 12.9. The lowest BCUT2D eigenvalue weighted by Gasteiger charge is -2.38. The molecule has 0 saturated carbocycles. The number of hydrogen-bond acceptors (Lipinski definition) is 7. The average Bonchev–Trinajstić information content (AvgIpc) is 3.55. The van der Waals surface area contributed by atoms with Crippen molar-refractivity contribution in [3.8, 4) is 11.5 Å². The van der Waals surface area contributed by atoms with E-state index in [9.17, 15) is 23.1 Å². The van der Waals surface area contributed by atoms with Gasteiger partial charge in [0.25, 0.3) is 15.9 Å². The number of benzene rings is 3. The second kappa shape index (κ2) is 10.7. The Morgan fingerprint density at radius 1 is 1.00 bits per heavy atom. The zero-order chi connectivity index (χ0) is 29.7. The second-order valence-corrected chi connectivity index (χ2v) is 12.4. The van der Waals surface area contributed by atoms with Crippen molar-refractivity contribution in [1.29, 1.82) is 0 Å². The summed E-state index contributed by atoms with van der Waals surface area (Å²) in [4.78, 5) is 27.7. The number of rotatable bonds is 7. The fourth-order valence-corrected chi connectivity index (χ4v) is 7.76. The first-order chi connectivity index (χ1) is 19.5. The quantitative estimate of drug-likeness (QED) is 0.413. The molecule has 0 bridgehead atoms. The van der Waals surface area contributed by atoms with Gasteiger partial charge in [0.05, 0.1) is 24.8 Å². The van der Waals surface area contributed by atoms with Crippen molar-refractivity contribution in [2.75, 3.05) is 25.1 Å². The van der Waals surface area contributed by atoms with Gasteiger partial charge in [0.1, 0.15) is 11.6 Å². The largest absolute Gasteiger partial charge is 0.493 e. The molecule has 2 aliphatic heterocycles. The highest BCUT2D eigenvalue weighted by molar-refractivity contribution is 7.93. The summed E-state index contributed by atoms with van der Waals surface area (Å²) < 4.78 is 40.4. The number of likely N-dealkylation sites (tertiary alicyclic amines) is 1. The predicted octanol–water partition coefficient (Wildman–Crippen LogP) is 3.30. The van der Waals surface area contributed by atoms with E-state index in [4.69, 9.17) is 38.4 Å². The highest BCUT2D eigenvalue weighted by atomic mass is 35.5. The summed E-state index contributed by atoms with van der Waals surface area (Å²) in [7, 11) is -1.81. The smallest absolute Gasteiger partial charge is 0.265 e. The lowest BCUT2D eigenvalue weighted by atomic mass is 9.82. The number of anilines is 1. The highest BCUT2D eigenvalue weighted by Crippen LogP contribution is 2.53. The molecule has 1 saturated heterocycles. The topological polar surface area (TPSA) is 139 Å². The number of methoxy groups -OCH3 is 2. The normalized spacial score (nSPS) is 22.0. The van der Waals surface area contributed by atoms with Gasteiger partial charge in [0.15, 0.2) is 17.5 Å². The molecule has 3 atom stereocenters. The molecule has 216 valence electrons. The van der Waals surface area contributed by atoms with Crippen molar-refractivity contribution >= 4 is 50.7 Å². The molecule has 0 spiro atoms. The number of carbonyl (C=O) groups is 2. The van der Waals surface area contributed by atoms with Crippen molar-refractivity contribution in [1.82, 2.24) is 4.90 Å². The van der Waals surface area contributed by atoms with Crippen molar-refractivity contribution < 1.29 is 32.6 Å². The van der Waals surface area contributed by atoms with Gasteiger partial charge < -0.3 is 25.2 Å². The molecule has 1 fully saturated rings. The molecule has 2 unspecified atom stereocenters. The molecule has 0 radical (unpaired) electrons. The van der Waals surface area contributed by atoms with E-state index in [1.54, 1.807) is 12.1 Å². The maximum absolute atomic E-state index is 14.5. The van der Waals surface area contributed by atoms with Crippen LogP contribution in [0.25, 0.3) is 0 Å². The minimum atomic E-state index is -4.59. The van der Waals surface area contributed by atoms with E-state index < -0.39 is 39.5 Å². The lowest BCUT2D eigenvalue weighted by molar-refractivity contribution is -0.141. The van der Waals surface area contributed by atoms with Crippen molar-refractivity contribution in [3.05, 3.63) is 81.8 Å². The molecule has 13 heteroatoms. The van der Waals surface area contributed by atoms with Gasteiger partial charge in [0, 0.05) is 33.8 Å². The van der Waals surface area contributed by atoms with E-state index in [1.165, 1.54) is 67.7 Å². The first kappa shape index (κ1) is 29.0. The molecular formula is C28H27Cl2N3O7S. The van der Waals surface area contributed by atoms with Crippen LogP contribution in [0, 0.1) is 0 Å². The third kappa shape index (κ3) is 4.57. The summed E-state index contributed by atoms with van der Waals surface area (Å²) in [5.74, 6) is -1.11. The number of aliphatic hydroxyl groups is 1. The molecule has 0 aliphatic carbocycles. The van der Waals surface area contributed by atoms with Gasteiger partial charge in [-0.25, -0.2) is 12.7 Å². The number of carbonyl (C=O) groups excluding carboxylic acids is 2. The zero-order valence-electron chi connectivity index (χ0n) is 22.1. The first-order valence-corrected chi connectivity index (χ1v) is 14.8. The van der Waals surface area contributed by atoms with Crippen LogP contribution in [0.5, 0.6) is 11.5 Å². The second-order valence-electron chi connectivity index (χ2n) is 9.72. The number of ether oxygens (including phenoxy) is 2. The van der Waals surface area contributed by atoms with Crippen LogP contribution >= 0.6 is 23.2 Å². The number of nitrogens with two attached hydrogens (primary N) is 1. The minimum absolute atomic E-state index is 0.0137. The summed E-state index contributed by atoms with van der Waals surface area (Å²) >= 11 is 12.9. The standard InChI is InChI=1S/C28H27Cl2N3O7S/c1-39-23-12-10-17(15-24(23)40-2)41(37,38)33-21-11-9-16(29)14-19(21)28(36,18-6-3-4-7-20(18)30)25(33)27(35)32-13-5-8-22(32)26(31)34/h3-4,6-7,9-12,14-15,22,25,36H,5,8,13H2,1-2H3,(H2,31,34)/t22-,25?,28?/m0/s1. The van der Waals surface area contributed by atoms with Gasteiger partial charge in [0.2, 0.25) is 5.91 Å². The minimum Gasteiger partial charge on any atom is -0.493 e. The molecule has 2 heterocycles. The van der Waals surface area contributed by atoms with E-state index >= 15 is 0 Å². The fourth-order valence-electron chi connectivity index (χ4n) is 5.65. The molecule has 2 aliphatic rings. The van der Waals surface area contributed by atoms with Crippen LogP contribution < -0.4 is 19.5 Å². The SMILES string of the molecule is COc1ccc(S(=O)(=O)N2c3ccc(Cl)cc3C(O)(c3ccccc3Cl)C2C(=O)N2CCC[C@H]2C(N)=O)cc1OC. The number of halogens is 2. The van der Waals surface area contributed by atoms with Crippen LogP contribution in [-0.2, 0) is 25.2 Å². The van der Waals surface area contributed by atoms with Gasteiger partial charge in [-0.3, -0.25) is 9.59 Å². The highest BCUT2D eigenvalue weighted by Gasteiger charge is 2.61. The third-order valence-electron chi connectivity index (χ3n) is 7.53. The van der Waals surface area contributed by atoms with Crippen LogP contribution in [0.2, 0.25) is 10.0 Å². The Hall–Kier alpha value is -3.51. The number of primary amides is 1. The van der Waals surface area contributed by atoms with Gasteiger partial charge >= 0.3 is 0 Å². The Labute approximate surface area is 247 Å². The number of fused-ring (bicyclic) bond motifs is 1. The van der Waals surface area contributed by atoms with Gasteiger partial charge in [-0.15, -0.1) is 0 Å². The Balaban J connectivity index is 1.80. The monoisotopic (exact) mass is 619 g/mol. The van der Waals surface area contributed by atoms with Crippen LogP contribution in [0.1, 0.15) is 24.0 Å². The molecular weight excluding hydrogens is 593 g/mol. The molecule has 2 amide bonds. The number of nitrogens with zero attached hydrogens (tertiary/aromatic N) is 2. The van der Waals surface area contributed by atoms with Crippen LogP contribution in [0.3, 0.4) is 0 Å². The van der Waals surface area contributed by atoms with Crippen LogP contribution in [0.15, 0.2) is 65.6 Å². The molecule has 41 heavy (non-hydrogen) atoms. The zero-order valence-corrected chi connectivity index (χ0v) is 24.4. The summed E-state index contributed by atoms with van der Waals surface area (Å²) in [6.45, 7) is 0.142. The van der Waals surface area contributed by atoms with E-state index in [1.807, 2.05) is 0 Å². The maximum Gasteiger partial charge on any atom is 0.265 e. The number of amides is 2. The maximum atomic E-state index is 14.5. The Morgan fingerprint density at radius 2 is 1.71 bits per heavy atom. The van der Waals surface area contributed by atoms with Crippen molar-refractivity contribution in [2.24, 2.45) is 5.73 Å². The van der Waals surface area contributed by atoms with Gasteiger partial charge in [-0.2, -0.15) is 0 Å². The molecule has 10 nitrogen and oxygen atoms in total. The van der Waals surface area contributed by atoms with E-state index in [-0.39, 0.29) is 44.0 Å². The third-order valence-corrected chi connectivity index (χ3v) is 9.87.